The van der Waals surface area contributed by atoms with Crippen LogP contribution >= 0.6 is 0 Å². The average Bonchev–Trinajstić information content (AvgIpc) is 2.03. The highest BCUT2D eigenvalue weighted by Gasteiger charge is 2.09. The van der Waals surface area contributed by atoms with E-state index >= 15 is 0 Å². The van der Waals surface area contributed by atoms with E-state index in [4.69, 9.17) is 10.2 Å². The second-order valence-electron chi connectivity index (χ2n) is 3.45. The van der Waals surface area contributed by atoms with Crippen LogP contribution in [0.25, 0.3) is 0 Å². The molecule has 0 saturated heterocycles. The van der Waals surface area contributed by atoms with Gasteiger partial charge in [-0.05, 0) is 13.8 Å². The molecule has 0 atom stereocenters. The lowest BCUT2D eigenvalue weighted by atomic mass is 10.3. The van der Waals surface area contributed by atoms with Crippen LogP contribution < -0.4 is 5.32 Å². The Kier molecular flexibility index (Phi) is 7.37. The van der Waals surface area contributed by atoms with Crippen LogP contribution in [-0.4, -0.2) is 59.9 Å². The highest BCUT2D eigenvalue weighted by Crippen LogP contribution is 1.87. The molecule has 0 spiro atoms. The van der Waals surface area contributed by atoms with Crippen molar-refractivity contribution >= 4 is 5.91 Å². The van der Waals surface area contributed by atoms with Crippen LogP contribution in [0.15, 0.2) is 0 Å². The van der Waals surface area contributed by atoms with Crippen LogP contribution in [-0.2, 0) is 4.79 Å². The molecule has 0 aromatic rings. The molecule has 0 aromatic heterocycles. The first-order chi connectivity index (χ1) is 6.60. The van der Waals surface area contributed by atoms with Crippen LogP contribution in [0.1, 0.15) is 13.8 Å². The summed E-state index contributed by atoms with van der Waals surface area (Å²) in [6.07, 6.45) is 0. The fourth-order valence-corrected chi connectivity index (χ4v) is 1.12. The normalized spacial score (nSPS) is 11.0. The van der Waals surface area contributed by atoms with E-state index in [9.17, 15) is 4.79 Å². The molecule has 84 valence electrons. The summed E-state index contributed by atoms with van der Waals surface area (Å²) in [5.74, 6) is -0.0816. The number of carbonyl (C=O) groups excluding carboxylic acids is 1. The van der Waals surface area contributed by atoms with E-state index in [1.807, 2.05) is 13.8 Å². The standard InChI is InChI=1S/C9H20N2O3/c1-8(2)10-9(14)7-11(3-5-12)4-6-13/h8,12-13H,3-7H2,1-2H3,(H,10,14). The molecule has 0 aliphatic heterocycles. The van der Waals surface area contributed by atoms with Gasteiger partial charge in [-0.15, -0.1) is 0 Å². The summed E-state index contributed by atoms with van der Waals surface area (Å²) < 4.78 is 0. The van der Waals surface area contributed by atoms with Crippen LogP contribution in [0.5, 0.6) is 0 Å². The number of hydrogen-bond acceptors (Lipinski definition) is 4. The van der Waals surface area contributed by atoms with E-state index < -0.39 is 0 Å². The zero-order valence-electron chi connectivity index (χ0n) is 8.86. The van der Waals surface area contributed by atoms with E-state index in [1.165, 1.54) is 0 Å². The van der Waals surface area contributed by atoms with Crippen molar-refractivity contribution in [2.45, 2.75) is 19.9 Å². The van der Waals surface area contributed by atoms with Gasteiger partial charge < -0.3 is 15.5 Å². The topological polar surface area (TPSA) is 72.8 Å². The molecular formula is C9H20N2O3. The van der Waals surface area contributed by atoms with Gasteiger partial charge in [-0.3, -0.25) is 9.69 Å². The molecule has 0 rings (SSSR count). The smallest absolute Gasteiger partial charge is 0.234 e. The number of rotatable bonds is 7. The van der Waals surface area contributed by atoms with Crippen molar-refractivity contribution in [3.63, 3.8) is 0 Å². The highest BCUT2D eigenvalue weighted by atomic mass is 16.3. The summed E-state index contributed by atoms with van der Waals surface area (Å²) in [6.45, 7) is 4.81. The summed E-state index contributed by atoms with van der Waals surface area (Å²) >= 11 is 0. The molecule has 0 saturated carbocycles. The Balaban J connectivity index is 3.82. The van der Waals surface area contributed by atoms with Gasteiger partial charge in [0.05, 0.1) is 19.8 Å². The molecule has 0 radical (unpaired) electrons. The molecule has 0 aliphatic carbocycles. The third-order valence-corrected chi connectivity index (χ3v) is 1.65. The van der Waals surface area contributed by atoms with Crippen molar-refractivity contribution in [3.05, 3.63) is 0 Å². The lowest BCUT2D eigenvalue weighted by Crippen LogP contribution is -2.42. The quantitative estimate of drug-likeness (QED) is 0.487. The number of nitrogens with zero attached hydrogens (tertiary/aromatic N) is 1. The first-order valence-electron chi connectivity index (χ1n) is 4.83. The minimum atomic E-state index is -0.0816. The summed E-state index contributed by atoms with van der Waals surface area (Å²) in [7, 11) is 0. The molecule has 0 aliphatic rings. The fourth-order valence-electron chi connectivity index (χ4n) is 1.12. The number of aliphatic hydroxyl groups is 2. The first-order valence-corrected chi connectivity index (χ1v) is 4.83. The minimum absolute atomic E-state index is 0.00500. The van der Waals surface area contributed by atoms with Crippen molar-refractivity contribution in [3.8, 4) is 0 Å². The van der Waals surface area contributed by atoms with Gasteiger partial charge in [0.15, 0.2) is 0 Å². The number of hydrogen-bond donors (Lipinski definition) is 3. The predicted octanol–water partition coefficient (Wildman–Crippen LogP) is -1.20. The minimum Gasteiger partial charge on any atom is -0.395 e. The molecule has 5 nitrogen and oxygen atoms in total. The predicted molar refractivity (Wildman–Crippen MR) is 53.9 cm³/mol. The van der Waals surface area contributed by atoms with Crippen LogP contribution in [0, 0.1) is 0 Å². The van der Waals surface area contributed by atoms with Gasteiger partial charge in [0.1, 0.15) is 0 Å². The summed E-state index contributed by atoms with van der Waals surface area (Å²) in [5.41, 5.74) is 0. The van der Waals surface area contributed by atoms with Crippen LogP contribution in [0.4, 0.5) is 0 Å². The van der Waals surface area contributed by atoms with Crippen LogP contribution in [0.2, 0.25) is 0 Å². The second kappa shape index (κ2) is 7.73. The average molecular weight is 204 g/mol. The fraction of sp³-hybridized carbons (Fsp3) is 0.889. The first kappa shape index (κ1) is 13.4. The molecule has 5 heteroatoms. The molecule has 1 amide bonds. The Labute approximate surface area is 84.7 Å². The van der Waals surface area contributed by atoms with Gasteiger partial charge in [-0.1, -0.05) is 0 Å². The van der Waals surface area contributed by atoms with Crippen molar-refractivity contribution < 1.29 is 15.0 Å². The number of amides is 1. The van der Waals surface area contributed by atoms with Gasteiger partial charge in [0.2, 0.25) is 5.91 Å². The highest BCUT2D eigenvalue weighted by molar-refractivity contribution is 5.78. The van der Waals surface area contributed by atoms with E-state index in [2.05, 4.69) is 5.32 Å². The zero-order chi connectivity index (χ0) is 11.0. The Morgan fingerprint density at radius 3 is 2.14 bits per heavy atom. The molecule has 14 heavy (non-hydrogen) atoms. The second-order valence-corrected chi connectivity index (χ2v) is 3.45. The molecule has 0 fully saturated rings. The SMILES string of the molecule is CC(C)NC(=O)CN(CCO)CCO. The Morgan fingerprint density at radius 1 is 1.29 bits per heavy atom. The molecule has 0 unspecified atom stereocenters. The monoisotopic (exact) mass is 204 g/mol. The molecular weight excluding hydrogens is 184 g/mol. The van der Waals surface area contributed by atoms with Gasteiger partial charge in [0.25, 0.3) is 0 Å². The summed E-state index contributed by atoms with van der Waals surface area (Å²) in [6, 6.07) is 0.118. The van der Waals surface area contributed by atoms with E-state index in [1.54, 1.807) is 4.90 Å². The van der Waals surface area contributed by atoms with Gasteiger partial charge >= 0.3 is 0 Å². The third kappa shape index (κ3) is 6.82. The Hall–Kier alpha value is -0.650. The third-order valence-electron chi connectivity index (χ3n) is 1.65. The number of aliphatic hydroxyl groups excluding tert-OH is 2. The van der Waals surface area contributed by atoms with Crippen molar-refractivity contribution in [2.75, 3.05) is 32.8 Å². The summed E-state index contributed by atoms with van der Waals surface area (Å²) in [4.78, 5) is 13.0. The number of nitrogens with one attached hydrogen (secondary N) is 1. The molecule has 0 heterocycles. The van der Waals surface area contributed by atoms with Crippen molar-refractivity contribution in [1.82, 2.24) is 10.2 Å². The van der Waals surface area contributed by atoms with Crippen molar-refractivity contribution in [2.24, 2.45) is 0 Å². The Morgan fingerprint density at radius 2 is 1.79 bits per heavy atom. The maximum Gasteiger partial charge on any atom is 0.234 e. The van der Waals surface area contributed by atoms with Crippen molar-refractivity contribution in [1.29, 1.82) is 0 Å². The zero-order valence-corrected chi connectivity index (χ0v) is 8.86. The maximum absolute atomic E-state index is 11.3. The van der Waals surface area contributed by atoms with E-state index in [0.29, 0.717) is 13.1 Å². The lowest BCUT2D eigenvalue weighted by molar-refractivity contribution is -0.122. The van der Waals surface area contributed by atoms with Gasteiger partial charge in [0, 0.05) is 19.1 Å². The van der Waals surface area contributed by atoms with Gasteiger partial charge in [-0.25, -0.2) is 0 Å². The lowest BCUT2D eigenvalue weighted by Gasteiger charge is -2.20. The number of carbonyl (C=O) groups is 1. The van der Waals surface area contributed by atoms with Crippen LogP contribution in [0.3, 0.4) is 0 Å². The van der Waals surface area contributed by atoms with E-state index in [0.717, 1.165) is 0 Å². The molecule has 0 bridgehead atoms. The summed E-state index contributed by atoms with van der Waals surface area (Å²) in [5, 5.41) is 20.2. The largest absolute Gasteiger partial charge is 0.395 e. The molecule has 0 aromatic carbocycles. The Bertz CT molecular complexity index is 156. The van der Waals surface area contributed by atoms with E-state index in [-0.39, 0.29) is 31.7 Å². The van der Waals surface area contributed by atoms with Gasteiger partial charge in [-0.2, -0.15) is 0 Å². The molecule has 3 N–H and O–H groups in total. The maximum atomic E-state index is 11.3.